The van der Waals surface area contributed by atoms with Gasteiger partial charge in [0.2, 0.25) is 5.28 Å². The summed E-state index contributed by atoms with van der Waals surface area (Å²) in [5, 5.41) is 31.7. The van der Waals surface area contributed by atoms with Crippen molar-refractivity contribution in [2.24, 2.45) is 0 Å². The lowest BCUT2D eigenvalue weighted by atomic mass is 10.1. The molecular formula is C16H23ClN6O5. The van der Waals surface area contributed by atoms with E-state index < -0.39 is 31.1 Å². The van der Waals surface area contributed by atoms with E-state index in [2.05, 4.69) is 20.4 Å². The Morgan fingerprint density at radius 2 is 2.18 bits per heavy atom. The molecule has 0 aromatic carbocycles. The van der Waals surface area contributed by atoms with Crippen LogP contribution in [0.5, 0.6) is 0 Å². The van der Waals surface area contributed by atoms with Crippen LogP contribution in [0.25, 0.3) is 11.2 Å². The Morgan fingerprint density at radius 1 is 1.36 bits per heavy atom. The molecule has 0 amide bonds. The third kappa shape index (κ3) is 3.43. The Bertz CT molecular complexity index is 837. The summed E-state index contributed by atoms with van der Waals surface area (Å²) in [6.45, 7) is 0.998. The third-order valence-electron chi connectivity index (χ3n) is 5.17. The van der Waals surface area contributed by atoms with Crippen LogP contribution in [0.3, 0.4) is 0 Å². The molecular weight excluding hydrogens is 392 g/mol. The zero-order valence-corrected chi connectivity index (χ0v) is 16.0. The lowest BCUT2D eigenvalue weighted by Gasteiger charge is -2.25. The molecule has 2 fully saturated rings. The number of aliphatic hydroxyl groups excluding tert-OH is 3. The number of halogens is 1. The standard InChI is InChI=1S/C16H23ClN6O5/c1-27-6-8-3-2-4-23(8)21-13-10-14(20-16(17)19-13)22(7-18-10)15-12(26)11(25)9(5-24)28-15/h7-9,11-12,15,24-26H,2-6H2,1H3,(H,19,20,21)/t8?,9-,11?,12?,15-/m1/s1. The summed E-state index contributed by atoms with van der Waals surface area (Å²) in [7, 11) is 1.67. The SMILES string of the molecule is COCC1CCCN1Nc1nc(Cl)nc2c1ncn2[C@@H]1O[C@H](CO)C(O)C1O. The van der Waals surface area contributed by atoms with Gasteiger partial charge in [0, 0.05) is 13.7 Å². The van der Waals surface area contributed by atoms with Crippen molar-refractivity contribution >= 4 is 28.6 Å². The molecule has 12 heteroatoms. The molecule has 2 saturated heterocycles. The van der Waals surface area contributed by atoms with Crippen LogP contribution in [0, 0.1) is 0 Å². The Labute approximate surface area is 165 Å². The van der Waals surface area contributed by atoms with Crippen LogP contribution in [-0.4, -0.2) is 91.1 Å². The number of nitrogens with one attached hydrogen (secondary N) is 1. The fraction of sp³-hybridized carbons (Fsp3) is 0.688. The number of aromatic nitrogens is 4. The molecule has 0 spiro atoms. The topological polar surface area (TPSA) is 138 Å². The first-order valence-corrected chi connectivity index (χ1v) is 9.46. The Morgan fingerprint density at radius 3 is 2.89 bits per heavy atom. The summed E-state index contributed by atoms with van der Waals surface area (Å²) in [5.41, 5.74) is 4.05. The molecule has 0 saturated carbocycles. The van der Waals surface area contributed by atoms with Gasteiger partial charge in [0.25, 0.3) is 0 Å². The van der Waals surface area contributed by atoms with Crippen LogP contribution in [-0.2, 0) is 9.47 Å². The van der Waals surface area contributed by atoms with Crippen molar-refractivity contribution in [1.82, 2.24) is 24.5 Å². The molecule has 0 radical (unpaired) electrons. The smallest absolute Gasteiger partial charge is 0.226 e. The lowest BCUT2D eigenvalue weighted by molar-refractivity contribution is -0.0511. The molecule has 4 rings (SSSR count). The second-order valence-corrected chi connectivity index (χ2v) is 7.29. The van der Waals surface area contributed by atoms with Crippen molar-refractivity contribution in [2.75, 3.05) is 32.3 Å². The van der Waals surface area contributed by atoms with Crippen LogP contribution < -0.4 is 5.43 Å². The number of hydrogen-bond acceptors (Lipinski definition) is 10. The van der Waals surface area contributed by atoms with Crippen LogP contribution >= 0.6 is 11.6 Å². The van der Waals surface area contributed by atoms with Gasteiger partial charge in [0.15, 0.2) is 23.2 Å². The number of methoxy groups -OCH3 is 1. The highest BCUT2D eigenvalue weighted by Crippen LogP contribution is 2.33. The van der Waals surface area contributed by atoms with Gasteiger partial charge in [-0.2, -0.15) is 9.97 Å². The van der Waals surface area contributed by atoms with Gasteiger partial charge in [0.05, 0.1) is 25.6 Å². The van der Waals surface area contributed by atoms with Crippen molar-refractivity contribution < 1.29 is 24.8 Å². The Balaban J connectivity index is 1.66. The fourth-order valence-corrected chi connectivity index (χ4v) is 3.91. The quantitative estimate of drug-likeness (QED) is 0.459. The van der Waals surface area contributed by atoms with Gasteiger partial charge in [-0.15, -0.1) is 0 Å². The number of anilines is 1. The maximum atomic E-state index is 10.3. The highest BCUT2D eigenvalue weighted by molar-refractivity contribution is 6.28. The first kappa shape index (κ1) is 19.7. The summed E-state index contributed by atoms with van der Waals surface area (Å²) in [4.78, 5) is 12.8. The van der Waals surface area contributed by atoms with E-state index in [-0.39, 0.29) is 11.3 Å². The molecule has 3 unspecified atom stereocenters. The minimum absolute atomic E-state index is 0.00554. The number of hydrazine groups is 1. The number of nitrogens with zero attached hydrogens (tertiary/aromatic N) is 5. The van der Waals surface area contributed by atoms with Gasteiger partial charge < -0.3 is 30.2 Å². The molecule has 11 nitrogen and oxygen atoms in total. The molecule has 28 heavy (non-hydrogen) atoms. The summed E-state index contributed by atoms with van der Waals surface area (Å²) in [6, 6.07) is 0.205. The Hall–Kier alpha value is -1.60. The number of imidazole rings is 1. The van der Waals surface area contributed by atoms with Gasteiger partial charge in [-0.1, -0.05) is 0 Å². The van der Waals surface area contributed by atoms with Gasteiger partial charge in [-0.25, -0.2) is 9.99 Å². The normalized spacial score (nSPS) is 31.1. The average molecular weight is 415 g/mol. The minimum atomic E-state index is -1.25. The molecule has 2 aliphatic rings. The molecule has 4 N–H and O–H groups in total. The van der Waals surface area contributed by atoms with Crippen molar-refractivity contribution in [3.05, 3.63) is 11.6 Å². The third-order valence-corrected chi connectivity index (χ3v) is 5.34. The number of hydrogen-bond donors (Lipinski definition) is 4. The van der Waals surface area contributed by atoms with Crippen LogP contribution in [0.15, 0.2) is 6.33 Å². The van der Waals surface area contributed by atoms with E-state index >= 15 is 0 Å². The molecule has 5 atom stereocenters. The van der Waals surface area contributed by atoms with Gasteiger partial charge >= 0.3 is 0 Å². The monoisotopic (exact) mass is 414 g/mol. The van der Waals surface area contributed by atoms with Crippen LogP contribution in [0.1, 0.15) is 19.1 Å². The average Bonchev–Trinajstić information content (AvgIpc) is 3.35. The van der Waals surface area contributed by atoms with E-state index in [0.29, 0.717) is 23.6 Å². The molecule has 2 aromatic rings. The summed E-state index contributed by atoms with van der Waals surface area (Å²) in [5.74, 6) is 0.434. The van der Waals surface area contributed by atoms with Crippen LogP contribution in [0.4, 0.5) is 5.82 Å². The maximum absolute atomic E-state index is 10.3. The van der Waals surface area contributed by atoms with E-state index in [9.17, 15) is 15.3 Å². The second kappa shape index (κ2) is 8.03. The number of ether oxygens (including phenoxy) is 2. The second-order valence-electron chi connectivity index (χ2n) is 6.95. The number of rotatable bonds is 6. The predicted octanol–water partition coefficient (Wildman–Crippen LogP) is -0.471. The number of aliphatic hydroxyl groups is 3. The molecule has 154 valence electrons. The predicted molar refractivity (Wildman–Crippen MR) is 98.6 cm³/mol. The largest absolute Gasteiger partial charge is 0.394 e. The maximum Gasteiger partial charge on any atom is 0.226 e. The van der Waals surface area contributed by atoms with Crippen molar-refractivity contribution in [3.8, 4) is 0 Å². The van der Waals surface area contributed by atoms with Crippen molar-refractivity contribution in [1.29, 1.82) is 0 Å². The van der Waals surface area contributed by atoms with Crippen molar-refractivity contribution in [2.45, 2.75) is 43.4 Å². The van der Waals surface area contributed by atoms with Gasteiger partial charge in [0.1, 0.15) is 18.3 Å². The molecule has 0 aliphatic carbocycles. The lowest BCUT2D eigenvalue weighted by Crippen LogP contribution is -2.37. The minimum Gasteiger partial charge on any atom is -0.394 e. The fourth-order valence-electron chi connectivity index (χ4n) is 3.75. The molecule has 0 bridgehead atoms. The highest BCUT2D eigenvalue weighted by Gasteiger charge is 2.44. The van der Waals surface area contributed by atoms with Crippen LogP contribution in [0.2, 0.25) is 5.28 Å². The molecule has 2 aromatic heterocycles. The van der Waals surface area contributed by atoms with E-state index in [1.807, 2.05) is 5.01 Å². The van der Waals surface area contributed by atoms with E-state index in [0.717, 1.165) is 19.4 Å². The van der Waals surface area contributed by atoms with Gasteiger partial charge in [-0.05, 0) is 24.4 Å². The molecule has 2 aliphatic heterocycles. The van der Waals surface area contributed by atoms with E-state index in [1.54, 1.807) is 7.11 Å². The highest BCUT2D eigenvalue weighted by atomic mass is 35.5. The number of fused-ring (bicyclic) bond motifs is 1. The Kier molecular flexibility index (Phi) is 5.65. The van der Waals surface area contributed by atoms with E-state index in [4.69, 9.17) is 21.1 Å². The summed E-state index contributed by atoms with van der Waals surface area (Å²) >= 11 is 6.12. The first-order valence-electron chi connectivity index (χ1n) is 9.08. The zero-order valence-electron chi connectivity index (χ0n) is 15.3. The zero-order chi connectivity index (χ0) is 19.8. The first-order chi connectivity index (χ1) is 13.5. The van der Waals surface area contributed by atoms with Gasteiger partial charge in [-0.3, -0.25) is 4.57 Å². The summed E-state index contributed by atoms with van der Waals surface area (Å²) in [6.07, 6.45) is -0.848. The molecule has 4 heterocycles. The summed E-state index contributed by atoms with van der Waals surface area (Å²) < 4.78 is 12.3. The van der Waals surface area contributed by atoms with Crippen molar-refractivity contribution in [3.63, 3.8) is 0 Å². The van der Waals surface area contributed by atoms with E-state index in [1.165, 1.54) is 10.9 Å².